The molecule has 0 aliphatic heterocycles. The predicted molar refractivity (Wildman–Crippen MR) is 139 cm³/mol. The van der Waals surface area contributed by atoms with Gasteiger partial charge in [0.2, 0.25) is 0 Å². The molecule has 0 atom stereocenters. The zero-order valence-electron chi connectivity index (χ0n) is 20.4. The lowest BCUT2D eigenvalue weighted by atomic mass is 9.48. The highest BCUT2D eigenvalue weighted by Gasteiger charge is 2.52. The first-order valence-electron chi connectivity index (χ1n) is 13.0. The first-order chi connectivity index (χ1) is 17.5. The standard InChI is InChI=1S/C32H32O4/c33-29-9-6-21(7-11-31(34)35)15-27(29)26-8-10-30(36-20-22-4-2-1-3-5-22)28(16-26)32-17-23-12-24(18-32)14-25(13-23)19-32/h1-11,15-16,23-25,33H,12-14,17-20H2,(H,34,35)/p-1/b11-7+. The van der Waals surface area contributed by atoms with E-state index in [1.165, 1.54) is 56.2 Å². The molecule has 4 aliphatic carbocycles. The average Bonchev–Trinajstić information content (AvgIpc) is 2.87. The molecule has 0 saturated heterocycles. The van der Waals surface area contributed by atoms with Crippen LogP contribution in [0.5, 0.6) is 11.5 Å². The van der Waals surface area contributed by atoms with Crippen molar-refractivity contribution in [2.45, 2.75) is 50.5 Å². The van der Waals surface area contributed by atoms with Gasteiger partial charge in [-0.25, -0.2) is 4.79 Å². The van der Waals surface area contributed by atoms with Gasteiger partial charge in [0.15, 0.2) is 0 Å². The fraction of sp³-hybridized carbons (Fsp3) is 0.344. The Hall–Kier alpha value is -3.53. The third-order valence-corrected chi connectivity index (χ3v) is 8.56. The zero-order valence-corrected chi connectivity index (χ0v) is 20.4. The normalized spacial score (nSPS) is 26.4. The van der Waals surface area contributed by atoms with Gasteiger partial charge in [-0.15, -0.1) is 5.75 Å². The van der Waals surface area contributed by atoms with E-state index in [0.717, 1.165) is 40.7 Å². The van der Waals surface area contributed by atoms with E-state index in [0.29, 0.717) is 17.7 Å². The lowest BCUT2D eigenvalue weighted by Gasteiger charge is -2.57. The number of rotatable bonds is 7. The van der Waals surface area contributed by atoms with Crippen molar-refractivity contribution in [3.63, 3.8) is 0 Å². The van der Waals surface area contributed by atoms with Crippen molar-refractivity contribution in [2.75, 3.05) is 0 Å². The van der Waals surface area contributed by atoms with Crippen LogP contribution in [0.2, 0.25) is 0 Å². The molecular formula is C32H31O4-. The third kappa shape index (κ3) is 4.41. The van der Waals surface area contributed by atoms with Gasteiger partial charge in [0.1, 0.15) is 12.4 Å². The molecule has 4 nitrogen and oxygen atoms in total. The van der Waals surface area contributed by atoms with Crippen LogP contribution in [0, 0.1) is 17.8 Å². The van der Waals surface area contributed by atoms with Crippen LogP contribution in [0.1, 0.15) is 55.2 Å². The maximum Gasteiger partial charge on any atom is 0.328 e. The van der Waals surface area contributed by atoms with Crippen molar-refractivity contribution in [3.05, 3.63) is 89.5 Å². The number of ether oxygens (including phenoxy) is 1. The summed E-state index contributed by atoms with van der Waals surface area (Å²) in [4.78, 5) is 11.0. The van der Waals surface area contributed by atoms with Crippen LogP contribution in [0.3, 0.4) is 0 Å². The van der Waals surface area contributed by atoms with E-state index in [1.807, 2.05) is 30.3 Å². The number of carboxylic acids is 1. The molecule has 0 heterocycles. The molecule has 184 valence electrons. The monoisotopic (exact) mass is 479 g/mol. The summed E-state index contributed by atoms with van der Waals surface area (Å²) < 4.78 is 6.47. The number of hydrogen-bond acceptors (Lipinski definition) is 3. The minimum absolute atomic E-state index is 0.0584. The van der Waals surface area contributed by atoms with Crippen LogP contribution in [-0.2, 0) is 16.8 Å². The summed E-state index contributed by atoms with van der Waals surface area (Å²) in [5, 5.41) is 21.9. The first-order valence-corrected chi connectivity index (χ1v) is 13.0. The van der Waals surface area contributed by atoms with Crippen LogP contribution in [0.4, 0.5) is 0 Å². The molecule has 3 aromatic carbocycles. The summed E-state index contributed by atoms with van der Waals surface area (Å²) >= 11 is 0. The second-order valence-electron chi connectivity index (χ2n) is 11.1. The third-order valence-electron chi connectivity index (χ3n) is 8.56. The van der Waals surface area contributed by atoms with Crippen LogP contribution in [0.25, 0.3) is 17.2 Å². The minimum Gasteiger partial charge on any atom is -0.872 e. The maximum absolute atomic E-state index is 12.9. The lowest BCUT2D eigenvalue weighted by Crippen LogP contribution is -2.48. The van der Waals surface area contributed by atoms with E-state index >= 15 is 0 Å². The number of carboxylic acid groups (broad SMARTS) is 1. The van der Waals surface area contributed by atoms with Gasteiger partial charge in [-0.2, -0.15) is 0 Å². The van der Waals surface area contributed by atoms with E-state index in [9.17, 15) is 9.90 Å². The molecular weight excluding hydrogens is 448 g/mol. The van der Waals surface area contributed by atoms with Gasteiger partial charge >= 0.3 is 5.97 Å². The van der Waals surface area contributed by atoms with Gasteiger partial charge < -0.3 is 14.9 Å². The van der Waals surface area contributed by atoms with Crippen LogP contribution in [0.15, 0.2) is 72.8 Å². The molecule has 0 spiro atoms. The lowest BCUT2D eigenvalue weighted by molar-refractivity contribution is -0.267. The van der Waals surface area contributed by atoms with Crippen LogP contribution < -0.4 is 9.84 Å². The summed E-state index contributed by atoms with van der Waals surface area (Å²) in [6.45, 7) is 0.516. The van der Waals surface area contributed by atoms with Crippen molar-refractivity contribution in [3.8, 4) is 22.6 Å². The molecule has 0 amide bonds. The van der Waals surface area contributed by atoms with Crippen LogP contribution in [-0.4, -0.2) is 11.1 Å². The number of benzene rings is 3. The summed E-state index contributed by atoms with van der Waals surface area (Å²) in [7, 11) is 0. The van der Waals surface area contributed by atoms with Gasteiger partial charge in [-0.3, -0.25) is 0 Å². The SMILES string of the molecule is O=C(O)/C=C/c1ccc([O-])c(-c2ccc(OCc3ccccc3)c(C34CC5CC(CC(C5)C3)C4)c2)c1. The predicted octanol–water partition coefficient (Wildman–Crippen LogP) is 6.57. The van der Waals surface area contributed by atoms with Gasteiger partial charge in [-0.05, 0) is 108 Å². The van der Waals surface area contributed by atoms with E-state index in [1.54, 1.807) is 12.1 Å². The Morgan fingerprint density at radius 3 is 2.31 bits per heavy atom. The van der Waals surface area contributed by atoms with Crippen molar-refractivity contribution >= 4 is 12.0 Å². The Bertz CT molecular complexity index is 1270. The van der Waals surface area contributed by atoms with E-state index < -0.39 is 5.97 Å². The smallest absolute Gasteiger partial charge is 0.328 e. The second-order valence-corrected chi connectivity index (χ2v) is 11.1. The summed E-state index contributed by atoms with van der Waals surface area (Å²) in [6, 6.07) is 21.5. The largest absolute Gasteiger partial charge is 0.872 e. The molecule has 36 heavy (non-hydrogen) atoms. The van der Waals surface area contributed by atoms with Crippen LogP contribution >= 0.6 is 0 Å². The Kier molecular flexibility index (Phi) is 5.83. The molecule has 4 aliphatic rings. The fourth-order valence-corrected chi connectivity index (χ4v) is 7.46. The maximum atomic E-state index is 12.9. The first kappa shape index (κ1) is 22.9. The number of carbonyl (C=O) groups is 1. The molecule has 0 aromatic heterocycles. The minimum atomic E-state index is -1.01. The second kappa shape index (κ2) is 9.16. The number of hydrogen-bond donors (Lipinski definition) is 1. The van der Waals surface area contributed by atoms with Gasteiger partial charge in [0.05, 0.1) is 0 Å². The van der Waals surface area contributed by atoms with Crippen molar-refractivity contribution in [1.29, 1.82) is 0 Å². The Balaban J connectivity index is 1.41. The Morgan fingerprint density at radius 1 is 0.944 bits per heavy atom. The highest BCUT2D eigenvalue weighted by atomic mass is 16.5. The highest BCUT2D eigenvalue weighted by Crippen LogP contribution is 2.62. The molecule has 4 bridgehead atoms. The quantitative estimate of drug-likeness (QED) is 0.389. The Morgan fingerprint density at radius 2 is 1.64 bits per heavy atom. The molecule has 3 aromatic rings. The summed E-state index contributed by atoms with van der Waals surface area (Å²) in [5.74, 6) is 2.24. The Labute approximate surface area is 212 Å². The topological polar surface area (TPSA) is 69.6 Å². The van der Waals surface area contributed by atoms with Gasteiger partial charge in [-0.1, -0.05) is 48.5 Å². The molecule has 1 N–H and O–H groups in total. The van der Waals surface area contributed by atoms with E-state index in [4.69, 9.17) is 9.84 Å². The van der Waals surface area contributed by atoms with Gasteiger partial charge in [0, 0.05) is 11.6 Å². The van der Waals surface area contributed by atoms with Crippen molar-refractivity contribution in [1.82, 2.24) is 0 Å². The summed E-state index contributed by atoms with van der Waals surface area (Å²) in [5.41, 5.74) is 4.68. The number of aliphatic carboxylic acids is 1. The molecule has 4 heteroatoms. The highest BCUT2D eigenvalue weighted by molar-refractivity contribution is 5.86. The van der Waals surface area contributed by atoms with Gasteiger partial charge in [0.25, 0.3) is 0 Å². The van der Waals surface area contributed by atoms with E-state index in [-0.39, 0.29) is 11.2 Å². The molecule has 4 saturated carbocycles. The molecule has 0 radical (unpaired) electrons. The molecule has 4 fully saturated rings. The average molecular weight is 480 g/mol. The molecule has 0 unspecified atom stereocenters. The molecule has 7 rings (SSSR count). The van der Waals surface area contributed by atoms with E-state index in [2.05, 4.69) is 18.2 Å². The van der Waals surface area contributed by atoms with Crippen molar-refractivity contribution in [2.24, 2.45) is 17.8 Å². The fourth-order valence-electron chi connectivity index (χ4n) is 7.46. The summed E-state index contributed by atoms with van der Waals surface area (Å²) in [6.07, 6.45) is 10.3. The van der Waals surface area contributed by atoms with Crippen molar-refractivity contribution < 1.29 is 19.7 Å². The zero-order chi connectivity index (χ0) is 24.7.